The third kappa shape index (κ3) is 11.5. The van der Waals surface area contributed by atoms with Crippen LogP contribution in [0.5, 0.6) is 0 Å². The lowest BCUT2D eigenvalue weighted by Gasteiger charge is -2.24. The third-order valence-corrected chi connectivity index (χ3v) is 5.22. The number of amides is 2. The van der Waals surface area contributed by atoms with Crippen molar-refractivity contribution in [3.63, 3.8) is 0 Å². The SMILES string of the molecule is CC(C)(C)OC(=O)N1CCC(=CO[Si](C)(C)C)C1.CC(C)(C)OC(=O)N1CCC(C=O)C1. The van der Waals surface area contributed by atoms with E-state index in [1.54, 1.807) is 9.80 Å². The first-order valence-electron chi connectivity index (χ1n) is 11.3. The van der Waals surface area contributed by atoms with Gasteiger partial charge < -0.3 is 28.5 Å². The van der Waals surface area contributed by atoms with Crippen LogP contribution in [-0.4, -0.2) is 74.0 Å². The molecule has 0 saturated carbocycles. The fourth-order valence-corrected chi connectivity index (χ4v) is 3.43. The van der Waals surface area contributed by atoms with Crippen LogP contribution in [0.1, 0.15) is 54.4 Å². The van der Waals surface area contributed by atoms with Crippen LogP contribution in [0.15, 0.2) is 11.8 Å². The highest BCUT2D eigenvalue weighted by Crippen LogP contribution is 2.20. The van der Waals surface area contributed by atoms with Gasteiger partial charge in [-0.25, -0.2) is 9.59 Å². The van der Waals surface area contributed by atoms with Crippen LogP contribution in [0.2, 0.25) is 19.6 Å². The normalized spacial score (nSPS) is 20.5. The molecular formula is C23H42N2O6Si. The van der Waals surface area contributed by atoms with Crippen LogP contribution < -0.4 is 0 Å². The number of ether oxygens (including phenoxy) is 2. The minimum Gasteiger partial charge on any atom is -0.550 e. The molecule has 0 radical (unpaired) electrons. The summed E-state index contributed by atoms with van der Waals surface area (Å²) >= 11 is 0. The highest BCUT2D eigenvalue weighted by Gasteiger charge is 2.29. The number of likely N-dealkylation sites (tertiary alicyclic amines) is 2. The highest BCUT2D eigenvalue weighted by atomic mass is 28.4. The lowest BCUT2D eigenvalue weighted by molar-refractivity contribution is -0.110. The number of hydrogen-bond donors (Lipinski definition) is 0. The van der Waals surface area contributed by atoms with Gasteiger partial charge in [0.05, 0.1) is 6.26 Å². The van der Waals surface area contributed by atoms with Crippen molar-refractivity contribution in [2.24, 2.45) is 5.92 Å². The fraction of sp³-hybridized carbons (Fsp3) is 0.783. The molecule has 0 aromatic heterocycles. The second-order valence-corrected chi connectivity index (χ2v) is 15.7. The minimum atomic E-state index is -1.52. The fourth-order valence-electron chi connectivity index (χ4n) is 2.91. The average Bonchev–Trinajstić information content (AvgIpc) is 3.26. The summed E-state index contributed by atoms with van der Waals surface area (Å²) in [6, 6.07) is 0. The largest absolute Gasteiger partial charge is 0.550 e. The van der Waals surface area contributed by atoms with Crippen LogP contribution >= 0.6 is 0 Å². The highest BCUT2D eigenvalue weighted by molar-refractivity contribution is 6.69. The Balaban J connectivity index is 0.000000330. The molecular weight excluding hydrogens is 428 g/mol. The summed E-state index contributed by atoms with van der Waals surface area (Å²) in [6.07, 6.45) is 3.83. The molecule has 2 saturated heterocycles. The predicted octanol–water partition coefficient (Wildman–Crippen LogP) is 4.80. The monoisotopic (exact) mass is 470 g/mol. The molecule has 184 valence electrons. The van der Waals surface area contributed by atoms with E-state index in [1.807, 2.05) is 47.8 Å². The number of hydrogen-bond acceptors (Lipinski definition) is 6. The minimum absolute atomic E-state index is 0.0116. The van der Waals surface area contributed by atoms with Crippen molar-refractivity contribution in [1.29, 1.82) is 0 Å². The summed E-state index contributed by atoms with van der Waals surface area (Å²) < 4.78 is 16.3. The molecule has 0 N–H and O–H groups in total. The van der Waals surface area contributed by atoms with Crippen LogP contribution in [0, 0.1) is 5.92 Å². The Hall–Kier alpha value is -2.03. The lowest BCUT2D eigenvalue weighted by atomic mass is 10.1. The second kappa shape index (κ2) is 11.2. The van der Waals surface area contributed by atoms with Crippen LogP contribution in [-0.2, 0) is 18.7 Å². The summed E-state index contributed by atoms with van der Waals surface area (Å²) in [7, 11) is -1.52. The van der Waals surface area contributed by atoms with Gasteiger partial charge >= 0.3 is 12.2 Å². The molecule has 0 aromatic rings. The van der Waals surface area contributed by atoms with Crippen LogP contribution in [0.4, 0.5) is 9.59 Å². The van der Waals surface area contributed by atoms with E-state index in [0.717, 1.165) is 25.7 Å². The first-order valence-corrected chi connectivity index (χ1v) is 14.7. The van der Waals surface area contributed by atoms with E-state index < -0.39 is 19.5 Å². The molecule has 9 heteroatoms. The molecule has 2 amide bonds. The van der Waals surface area contributed by atoms with Gasteiger partial charge in [0.2, 0.25) is 8.32 Å². The third-order valence-electron chi connectivity index (χ3n) is 4.40. The maximum Gasteiger partial charge on any atom is 0.410 e. The Bertz CT molecular complexity index is 688. The van der Waals surface area contributed by atoms with E-state index in [0.29, 0.717) is 19.6 Å². The van der Waals surface area contributed by atoms with Crippen molar-refractivity contribution in [1.82, 2.24) is 9.80 Å². The summed E-state index contributed by atoms with van der Waals surface area (Å²) in [6.45, 7) is 20.0. The average molecular weight is 471 g/mol. The van der Waals surface area contributed by atoms with E-state index in [4.69, 9.17) is 13.9 Å². The van der Waals surface area contributed by atoms with Gasteiger partial charge in [-0.3, -0.25) is 0 Å². The molecule has 2 rings (SSSR count). The van der Waals surface area contributed by atoms with E-state index in [1.165, 1.54) is 5.57 Å². The van der Waals surface area contributed by atoms with Gasteiger partial charge in [0.25, 0.3) is 0 Å². The number of aldehydes is 1. The predicted molar refractivity (Wildman–Crippen MR) is 127 cm³/mol. The molecule has 8 nitrogen and oxygen atoms in total. The van der Waals surface area contributed by atoms with Crippen molar-refractivity contribution in [2.75, 3.05) is 26.2 Å². The van der Waals surface area contributed by atoms with Gasteiger partial charge in [-0.15, -0.1) is 0 Å². The quantitative estimate of drug-likeness (QED) is 0.334. The molecule has 2 aliphatic heterocycles. The zero-order valence-electron chi connectivity index (χ0n) is 21.3. The summed E-state index contributed by atoms with van der Waals surface area (Å²) in [4.78, 5) is 37.2. The number of rotatable bonds is 3. The maximum absolute atomic E-state index is 11.9. The molecule has 2 fully saturated rings. The molecule has 0 aliphatic carbocycles. The standard InChI is InChI=1S/C13H25NO3Si.C10H17NO3/c1-13(2,3)17-12(15)14-8-7-11(9-14)10-16-18(4,5)6;1-10(2,3)14-9(13)11-5-4-8(6-11)7-12/h10H,7-9H2,1-6H3;7-8H,4-6H2,1-3H3. The summed E-state index contributed by atoms with van der Waals surface area (Å²) in [5.74, 6) is -0.0116. The second-order valence-electron chi connectivity index (χ2n) is 11.3. The van der Waals surface area contributed by atoms with Gasteiger partial charge in [-0.1, -0.05) is 0 Å². The molecule has 0 aromatic carbocycles. The summed E-state index contributed by atoms with van der Waals surface area (Å²) in [5.41, 5.74) is 0.276. The lowest BCUT2D eigenvalue weighted by Crippen LogP contribution is -2.35. The molecule has 1 atom stereocenters. The van der Waals surface area contributed by atoms with Crippen molar-refractivity contribution in [3.8, 4) is 0 Å². The molecule has 1 unspecified atom stereocenters. The van der Waals surface area contributed by atoms with E-state index in [9.17, 15) is 14.4 Å². The molecule has 2 heterocycles. The number of carbonyl (C=O) groups excluding carboxylic acids is 3. The Labute approximate surface area is 194 Å². The van der Waals surface area contributed by atoms with Gasteiger partial charge in [0.15, 0.2) is 0 Å². The zero-order chi connectivity index (χ0) is 24.7. The molecule has 0 bridgehead atoms. The Kier molecular flexibility index (Phi) is 9.80. The van der Waals surface area contributed by atoms with Crippen LogP contribution in [0.3, 0.4) is 0 Å². The smallest absolute Gasteiger partial charge is 0.410 e. The molecule has 0 spiro atoms. The first kappa shape index (κ1) is 28.0. The Morgan fingerprint density at radius 1 is 0.938 bits per heavy atom. The zero-order valence-corrected chi connectivity index (χ0v) is 22.3. The van der Waals surface area contributed by atoms with Crippen molar-refractivity contribution in [3.05, 3.63) is 11.8 Å². The maximum atomic E-state index is 11.9. The van der Waals surface area contributed by atoms with Crippen molar-refractivity contribution >= 4 is 26.8 Å². The first-order chi connectivity index (χ1) is 14.5. The molecule has 32 heavy (non-hydrogen) atoms. The number of nitrogens with zero attached hydrogens (tertiary/aromatic N) is 2. The van der Waals surface area contributed by atoms with Gasteiger partial charge in [0.1, 0.15) is 17.5 Å². The molecule has 2 aliphatic rings. The Morgan fingerprint density at radius 2 is 1.47 bits per heavy atom. The van der Waals surface area contributed by atoms with Gasteiger partial charge in [-0.2, -0.15) is 0 Å². The van der Waals surface area contributed by atoms with Crippen molar-refractivity contribution in [2.45, 2.75) is 85.2 Å². The summed E-state index contributed by atoms with van der Waals surface area (Å²) in [5, 5.41) is 0. The van der Waals surface area contributed by atoms with Gasteiger partial charge in [0, 0.05) is 32.1 Å². The number of carbonyl (C=O) groups is 3. The Morgan fingerprint density at radius 3 is 1.91 bits per heavy atom. The van der Waals surface area contributed by atoms with Crippen molar-refractivity contribution < 1.29 is 28.3 Å². The van der Waals surface area contributed by atoms with E-state index >= 15 is 0 Å². The van der Waals surface area contributed by atoms with E-state index in [2.05, 4.69) is 19.6 Å². The van der Waals surface area contributed by atoms with E-state index in [-0.39, 0.29) is 18.1 Å². The van der Waals surface area contributed by atoms with Crippen LogP contribution in [0.25, 0.3) is 0 Å². The van der Waals surface area contributed by atoms with Gasteiger partial charge in [-0.05, 0) is 79.6 Å². The topological polar surface area (TPSA) is 85.4 Å².